The van der Waals surface area contributed by atoms with Gasteiger partial charge >= 0.3 is 6.18 Å². The molecule has 0 aliphatic heterocycles. The first-order valence-corrected chi connectivity index (χ1v) is 6.49. The van der Waals surface area contributed by atoms with Crippen LogP contribution in [0.3, 0.4) is 0 Å². The van der Waals surface area contributed by atoms with Crippen LogP contribution in [-0.4, -0.2) is 4.98 Å². The Balaban J connectivity index is 2.48. The van der Waals surface area contributed by atoms with E-state index in [1.165, 1.54) is 0 Å². The highest BCUT2D eigenvalue weighted by Gasteiger charge is 2.31. The van der Waals surface area contributed by atoms with Gasteiger partial charge in [-0.1, -0.05) is 13.8 Å². The Morgan fingerprint density at radius 2 is 1.89 bits per heavy atom. The molecule has 0 unspecified atom stereocenters. The van der Waals surface area contributed by atoms with Gasteiger partial charge in [0, 0.05) is 10.9 Å². The van der Waals surface area contributed by atoms with E-state index in [4.69, 9.17) is 0 Å². The van der Waals surface area contributed by atoms with Crippen molar-refractivity contribution in [2.45, 2.75) is 25.9 Å². The van der Waals surface area contributed by atoms with Crippen LogP contribution in [0.25, 0.3) is 10.6 Å². The summed E-state index contributed by atoms with van der Waals surface area (Å²) in [4.78, 5) is 4.18. The largest absolute Gasteiger partial charge is 0.416 e. The molecule has 0 spiro atoms. The molecule has 1 aromatic heterocycles. The van der Waals surface area contributed by atoms with E-state index in [-0.39, 0.29) is 16.5 Å². The van der Waals surface area contributed by atoms with Gasteiger partial charge in [-0.05, 0) is 24.1 Å². The smallest absolute Gasteiger partial charge is 0.241 e. The van der Waals surface area contributed by atoms with Gasteiger partial charge in [0.25, 0.3) is 0 Å². The number of aromatic nitrogens is 1. The van der Waals surface area contributed by atoms with E-state index in [0.717, 1.165) is 35.2 Å². The third-order valence-corrected chi connectivity index (χ3v) is 3.53. The second kappa shape index (κ2) is 4.92. The zero-order valence-corrected chi connectivity index (χ0v) is 11.1. The summed E-state index contributed by atoms with van der Waals surface area (Å²) in [6, 6.07) is 2.36. The van der Waals surface area contributed by atoms with E-state index >= 15 is 0 Å². The van der Waals surface area contributed by atoms with Crippen LogP contribution in [0.5, 0.6) is 0 Å². The van der Waals surface area contributed by atoms with Gasteiger partial charge in [-0.2, -0.15) is 13.2 Å². The molecular formula is C13H11F4NS. The first kappa shape index (κ1) is 14.0. The lowest BCUT2D eigenvalue weighted by molar-refractivity contribution is -0.137. The summed E-state index contributed by atoms with van der Waals surface area (Å²) in [6.07, 6.45) is -4.49. The normalized spacial score (nSPS) is 12.2. The molecule has 6 heteroatoms. The summed E-state index contributed by atoms with van der Waals surface area (Å²) in [7, 11) is 0. The third-order valence-electron chi connectivity index (χ3n) is 2.64. The minimum absolute atomic E-state index is 0.105. The zero-order valence-electron chi connectivity index (χ0n) is 10.3. The molecule has 1 aromatic carbocycles. The van der Waals surface area contributed by atoms with Crippen LogP contribution in [0.2, 0.25) is 0 Å². The van der Waals surface area contributed by atoms with Crippen molar-refractivity contribution in [3.63, 3.8) is 0 Å². The SMILES string of the molecule is CC(C)c1csc(-c2cc(C(F)(F)F)ccc2F)n1. The van der Waals surface area contributed by atoms with Crippen molar-refractivity contribution in [2.24, 2.45) is 0 Å². The van der Waals surface area contributed by atoms with E-state index in [0.29, 0.717) is 0 Å². The number of thiazole rings is 1. The lowest BCUT2D eigenvalue weighted by Crippen LogP contribution is -2.05. The number of hydrogen-bond acceptors (Lipinski definition) is 2. The van der Waals surface area contributed by atoms with Gasteiger partial charge in [-0.15, -0.1) is 11.3 Å². The molecule has 0 bridgehead atoms. The van der Waals surface area contributed by atoms with Crippen molar-refractivity contribution < 1.29 is 17.6 Å². The maximum absolute atomic E-state index is 13.7. The Bertz CT molecular complexity index is 587. The lowest BCUT2D eigenvalue weighted by atomic mass is 10.1. The lowest BCUT2D eigenvalue weighted by Gasteiger charge is -2.08. The molecule has 0 aliphatic carbocycles. The highest BCUT2D eigenvalue weighted by atomic mass is 32.1. The number of rotatable bonds is 2. The minimum atomic E-state index is -4.49. The molecule has 0 amide bonds. The summed E-state index contributed by atoms with van der Waals surface area (Å²) >= 11 is 1.15. The average Bonchev–Trinajstić information content (AvgIpc) is 2.77. The molecule has 19 heavy (non-hydrogen) atoms. The van der Waals surface area contributed by atoms with Gasteiger partial charge in [-0.3, -0.25) is 0 Å². The van der Waals surface area contributed by atoms with Crippen molar-refractivity contribution >= 4 is 11.3 Å². The monoisotopic (exact) mass is 289 g/mol. The topological polar surface area (TPSA) is 12.9 Å². The summed E-state index contributed by atoms with van der Waals surface area (Å²) in [5.41, 5.74) is -0.228. The second-order valence-electron chi connectivity index (χ2n) is 4.42. The Kier molecular flexibility index (Phi) is 3.62. The second-order valence-corrected chi connectivity index (χ2v) is 5.28. The van der Waals surface area contributed by atoms with E-state index in [1.54, 1.807) is 5.38 Å². The molecule has 2 rings (SSSR count). The number of benzene rings is 1. The molecule has 0 fully saturated rings. The van der Waals surface area contributed by atoms with Crippen molar-refractivity contribution in [2.75, 3.05) is 0 Å². The van der Waals surface area contributed by atoms with Gasteiger partial charge in [0.05, 0.1) is 11.3 Å². The van der Waals surface area contributed by atoms with E-state index in [2.05, 4.69) is 4.98 Å². The fourth-order valence-electron chi connectivity index (χ4n) is 1.54. The molecule has 0 N–H and O–H groups in total. The fourth-order valence-corrected chi connectivity index (χ4v) is 2.54. The van der Waals surface area contributed by atoms with E-state index in [1.807, 2.05) is 13.8 Å². The molecule has 0 saturated heterocycles. The maximum atomic E-state index is 13.7. The summed E-state index contributed by atoms with van der Waals surface area (Å²) < 4.78 is 51.5. The van der Waals surface area contributed by atoms with E-state index < -0.39 is 17.6 Å². The fraction of sp³-hybridized carbons (Fsp3) is 0.308. The van der Waals surface area contributed by atoms with Crippen LogP contribution < -0.4 is 0 Å². The Hall–Kier alpha value is -1.43. The predicted octanol–water partition coefficient (Wildman–Crippen LogP) is 5.09. The number of alkyl halides is 3. The van der Waals surface area contributed by atoms with Crippen LogP contribution in [0.4, 0.5) is 17.6 Å². The van der Waals surface area contributed by atoms with Gasteiger partial charge in [0.15, 0.2) is 0 Å². The average molecular weight is 289 g/mol. The van der Waals surface area contributed by atoms with Crippen molar-refractivity contribution in [3.05, 3.63) is 40.7 Å². The molecule has 0 radical (unpaired) electrons. The van der Waals surface area contributed by atoms with Gasteiger partial charge < -0.3 is 0 Å². The van der Waals surface area contributed by atoms with Crippen LogP contribution in [0.15, 0.2) is 23.6 Å². The van der Waals surface area contributed by atoms with Gasteiger partial charge in [0.1, 0.15) is 10.8 Å². The number of hydrogen-bond donors (Lipinski definition) is 0. The van der Waals surface area contributed by atoms with Crippen LogP contribution in [0, 0.1) is 5.82 Å². The Labute approximate surface area is 111 Å². The number of halogens is 4. The summed E-state index contributed by atoms with van der Waals surface area (Å²) in [5.74, 6) is -0.545. The summed E-state index contributed by atoms with van der Waals surface area (Å²) in [6.45, 7) is 3.84. The summed E-state index contributed by atoms with van der Waals surface area (Å²) in [5, 5.41) is 2.01. The highest BCUT2D eigenvalue weighted by Crippen LogP contribution is 2.35. The van der Waals surface area contributed by atoms with Crippen molar-refractivity contribution in [1.82, 2.24) is 4.98 Å². The standard InChI is InChI=1S/C13H11F4NS/c1-7(2)11-6-19-12(18-11)9-5-8(13(15,16)17)3-4-10(9)14/h3-7H,1-2H3. The molecule has 102 valence electrons. The molecule has 1 heterocycles. The van der Waals surface area contributed by atoms with Crippen LogP contribution >= 0.6 is 11.3 Å². The quantitative estimate of drug-likeness (QED) is 0.702. The molecule has 0 aliphatic rings. The Morgan fingerprint density at radius 3 is 2.42 bits per heavy atom. The first-order valence-electron chi connectivity index (χ1n) is 5.61. The third kappa shape index (κ3) is 2.94. The van der Waals surface area contributed by atoms with E-state index in [9.17, 15) is 17.6 Å². The molecule has 2 aromatic rings. The molecule has 0 saturated carbocycles. The zero-order chi connectivity index (χ0) is 14.2. The van der Waals surface area contributed by atoms with Crippen molar-refractivity contribution in [3.8, 4) is 10.6 Å². The molecular weight excluding hydrogens is 278 g/mol. The number of nitrogens with zero attached hydrogens (tertiary/aromatic N) is 1. The molecule has 0 atom stereocenters. The van der Waals surface area contributed by atoms with Gasteiger partial charge in [-0.25, -0.2) is 9.37 Å². The van der Waals surface area contributed by atoms with Crippen LogP contribution in [0.1, 0.15) is 31.0 Å². The Morgan fingerprint density at radius 1 is 1.21 bits per heavy atom. The van der Waals surface area contributed by atoms with Crippen LogP contribution in [-0.2, 0) is 6.18 Å². The first-order chi connectivity index (χ1) is 8.79. The van der Waals surface area contributed by atoms with Gasteiger partial charge in [0.2, 0.25) is 0 Å². The maximum Gasteiger partial charge on any atom is 0.416 e. The highest BCUT2D eigenvalue weighted by molar-refractivity contribution is 7.13. The predicted molar refractivity (Wildman–Crippen MR) is 66.6 cm³/mol. The minimum Gasteiger partial charge on any atom is -0.241 e. The molecule has 1 nitrogen and oxygen atoms in total. The van der Waals surface area contributed by atoms with Crippen molar-refractivity contribution in [1.29, 1.82) is 0 Å².